The van der Waals surface area contributed by atoms with Crippen molar-refractivity contribution >= 4 is 0 Å². The van der Waals surface area contributed by atoms with Crippen molar-refractivity contribution in [3.63, 3.8) is 0 Å². The fourth-order valence-electron chi connectivity index (χ4n) is 3.76. The average Bonchev–Trinajstić information content (AvgIpc) is 2.56. The van der Waals surface area contributed by atoms with Crippen molar-refractivity contribution in [3.05, 3.63) is 0 Å². The first-order chi connectivity index (χ1) is 7.37. The molecule has 0 bridgehead atoms. The second-order valence-corrected chi connectivity index (χ2v) is 5.58. The third-order valence-electron chi connectivity index (χ3n) is 4.79. The Morgan fingerprint density at radius 3 is 2.47 bits per heavy atom. The van der Waals surface area contributed by atoms with Gasteiger partial charge in [-0.25, -0.2) is 0 Å². The third-order valence-corrected chi connectivity index (χ3v) is 4.79. The van der Waals surface area contributed by atoms with Crippen molar-refractivity contribution in [3.8, 4) is 0 Å². The zero-order valence-corrected chi connectivity index (χ0v) is 10.4. The molecule has 1 heterocycles. The summed E-state index contributed by atoms with van der Waals surface area (Å²) in [5, 5.41) is 3.91. The fraction of sp³-hybridized carbons (Fsp3) is 1.00. The lowest BCUT2D eigenvalue weighted by Gasteiger charge is -2.42. The molecule has 1 aliphatic heterocycles. The molecule has 88 valence electrons. The summed E-state index contributed by atoms with van der Waals surface area (Å²) in [6.45, 7) is 3.66. The molecule has 1 saturated carbocycles. The fourth-order valence-corrected chi connectivity index (χ4v) is 3.76. The predicted octanol–water partition coefficient (Wildman–Crippen LogP) is 3.88. The Morgan fingerprint density at radius 1 is 1.00 bits per heavy atom. The molecule has 15 heavy (non-hydrogen) atoms. The lowest BCUT2D eigenvalue weighted by atomic mass is 9.71. The highest BCUT2D eigenvalue weighted by Crippen LogP contribution is 2.38. The van der Waals surface area contributed by atoms with Crippen LogP contribution < -0.4 is 5.32 Å². The summed E-state index contributed by atoms with van der Waals surface area (Å²) in [5.41, 5.74) is 0.525. The first-order valence-electron chi connectivity index (χ1n) is 7.12. The predicted molar refractivity (Wildman–Crippen MR) is 66.1 cm³/mol. The molecule has 0 aromatic rings. The van der Waals surface area contributed by atoms with Gasteiger partial charge < -0.3 is 5.32 Å². The van der Waals surface area contributed by atoms with E-state index in [-0.39, 0.29) is 0 Å². The summed E-state index contributed by atoms with van der Waals surface area (Å²) in [4.78, 5) is 0. The van der Waals surface area contributed by atoms with Crippen molar-refractivity contribution in [2.75, 3.05) is 6.54 Å². The topological polar surface area (TPSA) is 12.0 Å². The van der Waals surface area contributed by atoms with Crippen LogP contribution in [-0.4, -0.2) is 12.1 Å². The Bertz CT molecular complexity index is 174. The second kappa shape index (κ2) is 5.34. The first-order valence-corrected chi connectivity index (χ1v) is 7.12. The largest absolute Gasteiger partial charge is 0.311 e. The minimum absolute atomic E-state index is 0.525. The molecule has 2 fully saturated rings. The van der Waals surface area contributed by atoms with Crippen molar-refractivity contribution in [1.82, 2.24) is 5.32 Å². The zero-order chi connectivity index (χ0) is 10.6. The quantitative estimate of drug-likeness (QED) is 0.728. The van der Waals surface area contributed by atoms with Crippen molar-refractivity contribution in [2.24, 2.45) is 5.92 Å². The van der Waals surface area contributed by atoms with Crippen LogP contribution in [0.15, 0.2) is 0 Å². The summed E-state index contributed by atoms with van der Waals surface area (Å²) in [6, 6.07) is 0. The lowest BCUT2D eigenvalue weighted by molar-refractivity contribution is 0.148. The highest BCUT2D eigenvalue weighted by Gasteiger charge is 2.37. The maximum Gasteiger partial charge on any atom is 0.0207 e. The molecule has 2 rings (SSSR count). The van der Waals surface area contributed by atoms with E-state index >= 15 is 0 Å². The molecule has 1 saturated heterocycles. The van der Waals surface area contributed by atoms with E-state index in [9.17, 15) is 0 Å². The molecular weight excluding hydrogens is 182 g/mol. The molecule has 1 nitrogen and oxygen atoms in total. The summed E-state index contributed by atoms with van der Waals surface area (Å²) in [5.74, 6) is 0.981. The summed E-state index contributed by atoms with van der Waals surface area (Å²) in [6.07, 6.45) is 14.5. The average molecular weight is 209 g/mol. The van der Waals surface area contributed by atoms with Gasteiger partial charge in [0, 0.05) is 5.54 Å². The van der Waals surface area contributed by atoms with Gasteiger partial charge in [-0.3, -0.25) is 0 Å². The SMILES string of the molecule is CCC1(C2CCCCC2)CCCCCN1. The van der Waals surface area contributed by atoms with Gasteiger partial charge in [0.25, 0.3) is 0 Å². The molecule has 1 unspecified atom stereocenters. The van der Waals surface area contributed by atoms with Crippen molar-refractivity contribution in [2.45, 2.75) is 76.7 Å². The van der Waals surface area contributed by atoms with E-state index in [0.717, 1.165) is 5.92 Å². The van der Waals surface area contributed by atoms with E-state index in [4.69, 9.17) is 0 Å². The minimum Gasteiger partial charge on any atom is -0.311 e. The summed E-state index contributed by atoms with van der Waals surface area (Å²) >= 11 is 0. The van der Waals surface area contributed by atoms with Gasteiger partial charge in [-0.1, -0.05) is 39.0 Å². The second-order valence-electron chi connectivity index (χ2n) is 5.58. The van der Waals surface area contributed by atoms with Gasteiger partial charge in [-0.2, -0.15) is 0 Å². The van der Waals surface area contributed by atoms with E-state index in [2.05, 4.69) is 12.2 Å². The van der Waals surface area contributed by atoms with Gasteiger partial charge in [-0.05, 0) is 44.6 Å². The molecule has 0 aromatic heterocycles. The van der Waals surface area contributed by atoms with Crippen LogP contribution in [0.4, 0.5) is 0 Å². The summed E-state index contributed by atoms with van der Waals surface area (Å²) in [7, 11) is 0. The number of hydrogen-bond donors (Lipinski definition) is 1. The van der Waals surface area contributed by atoms with Crippen LogP contribution in [0.3, 0.4) is 0 Å². The maximum absolute atomic E-state index is 3.91. The zero-order valence-electron chi connectivity index (χ0n) is 10.4. The Kier molecular flexibility index (Phi) is 4.07. The Morgan fingerprint density at radius 2 is 1.73 bits per heavy atom. The van der Waals surface area contributed by atoms with Gasteiger partial charge in [0.15, 0.2) is 0 Å². The molecule has 0 amide bonds. The van der Waals surface area contributed by atoms with Crippen LogP contribution in [-0.2, 0) is 0 Å². The Balaban J connectivity index is 2.03. The van der Waals surface area contributed by atoms with Gasteiger partial charge in [0.1, 0.15) is 0 Å². The van der Waals surface area contributed by atoms with Gasteiger partial charge in [0.05, 0.1) is 0 Å². The molecule has 1 N–H and O–H groups in total. The van der Waals surface area contributed by atoms with Gasteiger partial charge in [-0.15, -0.1) is 0 Å². The monoisotopic (exact) mass is 209 g/mol. The Labute approximate surface area is 95.0 Å². The lowest BCUT2D eigenvalue weighted by Crippen LogP contribution is -2.51. The molecule has 1 heteroatoms. The maximum atomic E-state index is 3.91. The van der Waals surface area contributed by atoms with Crippen LogP contribution in [0.2, 0.25) is 0 Å². The standard InChI is InChI=1S/C14H27N/c1-2-14(11-7-4-8-12-15-14)13-9-5-3-6-10-13/h13,15H,2-12H2,1H3. The van der Waals surface area contributed by atoms with E-state index in [1.807, 2.05) is 0 Å². The van der Waals surface area contributed by atoms with Gasteiger partial charge in [0.2, 0.25) is 0 Å². The van der Waals surface area contributed by atoms with E-state index in [1.54, 1.807) is 0 Å². The first kappa shape index (κ1) is 11.4. The van der Waals surface area contributed by atoms with Crippen LogP contribution >= 0.6 is 0 Å². The molecule has 0 radical (unpaired) electrons. The molecule has 0 spiro atoms. The third kappa shape index (κ3) is 2.55. The molecular formula is C14H27N. The molecule has 2 aliphatic rings. The summed E-state index contributed by atoms with van der Waals surface area (Å²) < 4.78 is 0. The smallest absolute Gasteiger partial charge is 0.0207 e. The van der Waals surface area contributed by atoms with Crippen LogP contribution in [0.1, 0.15) is 71.1 Å². The number of nitrogens with one attached hydrogen (secondary N) is 1. The number of rotatable bonds is 2. The Hall–Kier alpha value is -0.0400. The van der Waals surface area contributed by atoms with Crippen LogP contribution in [0, 0.1) is 5.92 Å². The van der Waals surface area contributed by atoms with Crippen molar-refractivity contribution < 1.29 is 0 Å². The van der Waals surface area contributed by atoms with E-state index < -0.39 is 0 Å². The molecule has 1 atom stereocenters. The highest BCUT2D eigenvalue weighted by molar-refractivity contribution is 4.95. The van der Waals surface area contributed by atoms with E-state index in [1.165, 1.54) is 70.8 Å². The van der Waals surface area contributed by atoms with Crippen LogP contribution in [0.25, 0.3) is 0 Å². The highest BCUT2D eigenvalue weighted by atomic mass is 15.0. The minimum atomic E-state index is 0.525. The molecule has 1 aliphatic carbocycles. The molecule has 0 aromatic carbocycles. The van der Waals surface area contributed by atoms with Crippen LogP contribution in [0.5, 0.6) is 0 Å². The van der Waals surface area contributed by atoms with Gasteiger partial charge >= 0.3 is 0 Å². The van der Waals surface area contributed by atoms with E-state index in [0.29, 0.717) is 5.54 Å². The number of hydrogen-bond acceptors (Lipinski definition) is 1. The normalized spacial score (nSPS) is 35.0. The van der Waals surface area contributed by atoms with Crippen molar-refractivity contribution in [1.29, 1.82) is 0 Å².